The van der Waals surface area contributed by atoms with Gasteiger partial charge in [-0.15, -0.1) is 5.10 Å². The Labute approximate surface area is 177 Å². The number of benzene rings is 2. The zero-order valence-corrected chi connectivity index (χ0v) is 17.5. The van der Waals surface area contributed by atoms with Crippen LogP contribution < -0.4 is 10.1 Å². The van der Waals surface area contributed by atoms with Crippen LogP contribution in [0.25, 0.3) is 6.08 Å². The van der Waals surface area contributed by atoms with Crippen LogP contribution in [0.15, 0.2) is 66.9 Å². The molecule has 7 nitrogen and oxygen atoms in total. The third-order valence-electron chi connectivity index (χ3n) is 4.74. The van der Waals surface area contributed by atoms with Crippen LogP contribution in [0.1, 0.15) is 22.9 Å². The average molecular weight is 406 g/mol. The van der Waals surface area contributed by atoms with Crippen LogP contribution in [0.3, 0.4) is 0 Å². The van der Waals surface area contributed by atoms with Gasteiger partial charge in [0, 0.05) is 18.2 Å². The molecular weight excluding hydrogens is 378 g/mol. The lowest BCUT2D eigenvalue weighted by Gasteiger charge is -2.26. The summed E-state index contributed by atoms with van der Waals surface area (Å²) in [7, 11) is 5.60. The number of nitrogens with one attached hydrogen (secondary N) is 1. The van der Waals surface area contributed by atoms with Gasteiger partial charge < -0.3 is 15.0 Å². The maximum atomic E-state index is 12.3. The van der Waals surface area contributed by atoms with Gasteiger partial charge in [0.2, 0.25) is 5.91 Å². The molecule has 30 heavy (non-hydrogen) atoms. The summed E-state index contributed by atoms with van der Waals surface area (Å²) in [4.78, 5) is 14.4. The number of likely N-dealkylation sites (N-methyl/N-ethyl adjacent to an activating group) is 1. The Kier molecular flexibility index (Phi) is 7.34. The van der Waals surface area contributed by atoms with Crippen LogP contribution in [0.4, 0.5) is 0 Å². The van der Waals surface area contributed by atoms with Crippen molar-refractivity contribution in [3.8, 4) is 5.75 Å². The number of para-hydroxylation sites is 1. The van der Waals surface area contributed by atoms with Gasteiger partial charge >= 0.3 is 0 Å². The summed E-state index contributed by atoms with van der Waals surface area (Å²) in [6.07, 6.45) is 4.96. The highest BCUT2D eigenvalue weighted by molar-refractivity contribution is 5.91. The molecule has 0 saturated heterocycles. The van der Waals surface area contributed by atoms with E-state index >= 15 is 0 Å². The average Bonchev–Trinajstić information content (AvgIpc) is 3.20. The Bertz CT molecular complexity index is 982. The second-order valence-corrected chi connectivity index (χ2v) is 7.13. The molecule has 1 unspecified atom stereocenters. The molecule has 0 saturated carbocycles. The Morgan fingerprint density at radius 3 is 2.63 bits per heavy atom. The summed E-state index contributed by atoms with van der Waals surface area (Å²) in [5.74, 6) is 0.616. The number of amides is 1. The second-order valence-electron chi connectivity index (χ2n) is 7.13. The van der Waals surface area contributed by atoms with Gasteiger partial charge in [0.1, 0.15) is 11.4 Å². The molecule has 1 N–H and O–H groups in total. The fourth-order valence-electron chi connectivity index (χ4n) is 3.17. The van der Waals surface area contributed by atoms with Crippen molar-refractivity contribution < 1.29 is 9.53 Å². The van der Waals surface area contributed by atoms with E-state index in [1.54, 1.807) is 17.9 Å². The number of aromatic nitrogens is 3. The van der Waals surface area contributed by atoms with Gasteiger partial charge in [-0.05, 0) is 31.8 Å². The fourth-order valence-corrected chi connectivity index (χ4v) is 3.17. The van der Waals surface area contributed by atoms with E-state index in [-0.39, 0.29) is 11.9 Å². The molecule has 0 spiro atoms. The third kappa shape index (κ3) is 5.78. The Balaban J connectivity index is 1.57. The first-order valence-corrected chi connectivity index (χ1v) is 9.76. The summed E-state index contributed by atoms with van der Waals surface area (Å²) in [6, 6.07) is 17.9. The van der Waals surface area contributed by atoms with Crippen LogP contribution in [0, 0.1) is 0 Å². The van der Waals surface area contributed by atoms with Gasteiger partial charge in [-0.3, -0.25) is 4.79 Å². The van der Waals surface area contributed by atoms with Crippen LogP contribution in [-0.4, -0.2) is 53.6 Å². The van der Waals surface area contributed by atoms with Crippen molar-refractivity contribution in [1.29, 1.82) is 0 Å². The highest BCUT2D eigenvalue weighted by atomic mass is 16.5. The number of hydrogen-bond donors (Lipinski definition) is 1. The van der Waals surface area contributed by atoms with E-state index in [0.717, 1.165) is 16.9 Å². The number of ether oxygens (including phenoxy) is 1. The molecule has 0 fully saturated rings. The van der Waals surface area contributed by atoms with Crippen LogP contribution in [-0.2, 0) is 11.3 Å². The van der Waals surface area contributed by atoms with Gasteiger partial charge in [-0.1, -0.05) is 53.7 Å². The third-order valence-corrected chi connectivity index (χ3v) is 4.74. The van der Waals surface area contributed by atoms with Gasteiger partial charge in [0.25, 0.3) is 0 Å². The summed E-state index contributed by atoms with van der Waals surface area (Å²) in [5.41, 5.74) is 2.80. The highest BCUT2D eigenvalue weighted by Crippen LogP contribution is 2.27. The van der Waals surface area contributed by atoms with Crippen molar-refractivity contribution in [1.82, 2.24) is 25.2 Å². The van der Waals surface area contributed by atoms with Gasteiger partial charge in [-0.2, -0.15) is 0 Å². The fraction of sp³-hybridized carbons (Fsp3) is 0.261. The first-order valence-electron chi connectivity index (χ1n) is 9.76. The number of methoxy groups -OCH3 is 1. The normalized spacial score (nSPS) is 12.3. The van der Waals surface area contributed by atoms with E-state index in [1.165, 1.54) is 6.08 Å². The quantitative estimate of drug-likeness (QED) is 0.554. The van der Waals surface area contributed by atoms with E-state index in [9.17, 15) is 4.79 Å². The summed E-state index contributed by atoms with van der Waals surface area (Å²) in [6.45, 7) is 1.09. The van der Waals surface area contributed by atoms with Crippen molar-refractivity contribution in [2.45, 2.75) is 12.6 Å². The predicted molar refractivity (Wildman–Crippen MR) is 117 cm³/mol. The van der Waals surface area contributed by atoms with Crippen molar-refractivity contribution >= 4 is 12.0 Å². The minimum Gasteiger partial charge on any atom is -0.496 e. The summed E-state index contributed by atoms with van der Waals surface area (Å²) >= 11 is 0. The maximum Gasteiger partial charge on any atom is 0.244 e. The molecule has 1 amide bonds. The number of carbonyl (C=O) groups excluding carboxylic acids is 1. The maximum absolute atomic E-state index is 12.3. The molecular formula is C23H27N5O2. The van der Waals surface area contributed by atoms with Gasteiger partial charge in [-0.25, -0.2) is 4.68 Å². The van der Waals surface area contributed by atoms with Crippen molar-refractivity contribution in [3.05, 3.63) is 83.7 Å². The lowest BCUT2D eigenvalue weighted by molar-refractivity contribution is -0.116. The summed E-state index contributed by atoms with van der Waals surface area (Å²) in [5, 5.41) is 11.2. The van der Waals surface area contributed by atoms with E-state index in [0.29, 0.717) is 18.8 Å². The Morgan fingerprint density at radius 2 is 1.90 bits per heavy atom. The molecule has 0 radical (unpaired) electrons. The number of hydrogen-bond acceptors (Lipinski definition) is 5. The largest absolute Gasteiger partial charge is 0.496 e. The Morgan fingerprint density at radius 1 is 1.17 bits per heavy atom. The molecule has 156 valence electrons. The number of rotatable bonds is 9. The monoisotopic (exact) mass is 405 g/mol. The van der Waals surface area contributed by atoms with Crippen molar-refractivity contribution in [2.75, 3.05) is 27.7 Å². The minimum atomic E-state index is -0.186. The standard InChI is InChI=1S/C23H27N5O2/c1-27(2)21(20-11-7-8-12-22(20)30-3)15-24-23(29)14-13-19-17-28(26-25-19)16-18-9-5-4-6-10-18/h4-14,17,21H,15-16H2,1-3H3,(H,24,29). The van der Waals surface area contributed by atoms with Gasteiger partial charge in [0.05, 0.1) is 25.9 Å². The molecule has 0 aliphatic carbocycles. The zero-order chi connectivity index (χ0) is 21.3. The van der Waals surface area contributed by atoms with E-state index < -0.39 is 0 Å². The lowest BCUT2D eigenvalue weighted by atomic mass is 10.0. The number of carbonyl (C=O) groups is 1. The van der Waals surface area contributed by atoms with Crippen molar-refractivity contribution in [3.63, 3.8) is 0 Å². The minimum absolute atomic E-state index is 0.00903. The lowest BCUT2D eigenvalue weighted by Crippen LogP contribution is -2.33. The molecule has 1 atom stereocenters. The highest BCUT2D eigenvalue weighted by Gasteiger charge is 2.18. The molecule has 1 aromatic heterocycles. The molecule has 1 heterocycles. The topological polar surface area (TPSA) is 72.3 Å². The van der Waals surface area contributed by atoms with Crippen LogP contribution in [0.5, 0.6) is 5.75 Å². The molecule has 3 aromatic rings. The molecule has 3 rings (SSSR count). The Hall–Kier alpha value is -3.45. The second kappa shape index (κ2) is 10.4. The first kappa shape index (κ1) is 21.3. The molecule has 7 heteroatoms. The smallest absolute Gasteiger partial charge is 0.244 e. The van der Waals surface area contributed by atoms with Gasteiger partial charge in [0.15, 0.2) is 0 Å². The van der Waals surface area contributed by atoms with E-state index in [1.807, 2.05) is 74.9 Å². The molecule has 0 aliphatic heterocycles. The molecule has 2 aromatic carbocycles. The number of nitrogens with zero attached hydrogens (tertiary/aromatic N) is 4. The predicted octanol–water partition coefficient (Wildman–Crippen LogP) is 2.77. The van der Waals surface area contributed by atoms with E-state index in [2.05, 4.69) is 20.5 Å². The molecule has 0 aliphatic rings. The van der Waals surface area contributed by atoms with Crippen molar-refractivity contribution in [2.24, 2.45) is 0 Å². The van der Waals surface area contributed by atoms with E-state index in [4.69, 9.17) is 4.74 Å². The zero-order valence-electron chi connectivity index (χ0n) is 17.5. The van der Waals surface area contributed by atoms with Crippen LogP contribution >= 0.6 is 0 Å². The SMILES string of the molecule is COc1ccccc1C(CNC(=O)C=Cc1cn(Cc2ccccc2)nn1)N(C)C. The first-order chi connectivity index (χ1) is 14.6. The molecule has 0 bridgehead atoms. The summed E-state index contributed by atoms with van der Waals surface area (Å²) < 4.78 is 7.21. The van der Waals surface area contributed by atoms with Crippen LogP contribution in [0.2, 0.25) is 0 Å².